The van der Waals surface area contributed by atoms with Gasteiger partial charge in [-0.05, 0) is 37.1 Å². The van der Waals surface area contributed by atoms with Crippen LogP contribution in [0.15, 0.2) is 77.7 Å². The summed E-state index contributed by atoms with van der Waals surface area (Å²) < 4.78 is 27.1. The monoisotopic (exact) mass is 369 g/mol. The standard InChI is InChI=1S/C20H19NO4S/c1-3-9-17-14(2)19(16-12-7-8-13-18(16)22)20(23)21(17)26(24,25)15-10-5-4-6-11-15/h3-8,10-13,17,22H,1,9H2,2H3. The number of para-hydroxylation sites is 1. The fourth-order valence-corrected chi connectivity index (χ4v) is 4.81. The summed E-state index contributed by atoms with van der Waals surface area (Å²) in [4.78, 5) is 13.2. The van der Waals surface area contributed by atoms with Gasteiger partial charge >= 0.3 is 0 Å². The van der Waals surface area contributed by atoms with Crippen LogP contribution in [-0.4, -0.2) is 29.8 Å². The fraction of sp³-hybridized carbons (Fsp3) is 0.150. The maximum Gasteiger partial charge on any atom is 0.268 e. The zero-order valence-corrected chi connectivity index (χ0v) is 15.1. The molecule has 1 amide bonds. The number of aromatic hydroxyl groups is 1. The highest BCUT2D eigenvalue weighted by molar-refractivity contribution is 7.89. The van der Waals surface area contributed by atoms with Crippen LogP contribution in [0.1, 0.15) is 18.9 Å². The summed E-state index contributed by atoms with van der Waals surface area (Å²) in [6.45, 7) is 5.40. The molecular formula is C20H19NO4S. The topological polar surface area (TPSA) is 74.7 Å². The molecule has 1 heterocycles. The lowest BCUT2D eigenvalue weighted by Crippen LogP contribution is -2.40. The first-order chi connectivity index (χ1) is 12.4. The molecule has 1 aliphatic heterocycles. The van der Waals surface area contributed by atoms with Crippen molar-refractivity contribution in [3.05, 3.63) is 78.4 Å². The van der Waals surface area contributed by atoms with Crippen LogP contribution < -0.4 is 0 Å². The molecule has 0 spiro atoms. The van der Waals surface area contributed by atoms with Crippen molar-refractivity contribution in [3.63, 3.8) is 0 Å². The average Bonchev–Trinajstić information content (AvgIpc) is 2.87. The molecule has 0 saturated heterocycles. The second kappa shape index (κ2) is 6.80. The Kier molecular flexibility index (Phi) is 4.70. The summed E-state index contributed by atoms with van der Waals surface area (Å²) in [5, 5.41) is 10.2. The van der Waals surface area contributed by atoms with Gasteiger partial charge in [-0.25, -0.2) is 12.7 Å². The zero-order chi connectivity index (χ0) is 18.9. The van der Waals surface area contributed by atoms with Crippen LogP contribution in [0.5, 0.6) is 5.75 Å². The number of benzene rings is 2. The molecule has 0 radical (unpaired) electrons. The molecule has 1 aliphatic rings. The quantitative estimate of drug-likeness (QED) is 0.820. The molecule has 0 saturated carbocycles. The number of phenols is 1. The van der Waals surface area contributed by atoms with E-state index in [1.807, 2.05) is 0 Å². The van der Waals surface area contributed by atoms with E-state index in [9.17, 15) is 18.3 Å². The highest BCUT2D eigenvalue weighted by atomic mass is 32.2. The molecule has 26 heavy (non-hydrogen) atoms. The van der Waals surface area contributed by atoms with Crippen molar-refractivity contribution in [2.24, 2.45) is 0 Å². The van der Waals surface area contributed by atoms with E-state index in [0.29, 0.717) is 17.6 Å². The Morgan fingerprint density at radius 2 is 1.73 bits per heavy atom. The van der Waals surface area contributed by atoms with Gasteiger partial charge in [0.05, 0.1) is 16.5 Å². The van der Waals surface area contributed by atoms with E-state index in [2.05, 4.69) is 6.58 Å². The summed E-state index contributed by atoms with van der Waals surface area (Å²) in [7, 11) is -4.03. The lowest BCUT2D eigenvalue weighted by Gasteiger charge is -2.25. The van der Waals surface area contributed by atoms with Crippen molar-refractivity contribution in [1.82, 2.24) is 4.31 Å². The third kappa shape index (κ3) is 2.82. The average molecular weight is 369 g/mol. The number of carbonyl (C=O) groups excluding carboxylic acids is 1. The van der Waals surface area contributed by atoms with Gasteiger partial charge in [-0.3, -0.25) is 4.79 Å². The van der Waals surface area contributed by atoms with Crippen LogP contribution in [0, 0.1) is 0 Å². The summed E-state index contributed by atoms with van der Waals surface area (Å²) in [5.74, 6) is -0.703. The predicted octanol–water partition coefficient (Wildman–Crippen LogP) is 3.34. The molecule has 2 aromatic rings. The maximum absolute atomic E-state index is 13.1. The highest BCUT2D eigenvalue weighted by Crippen LogP contribution is 2.40. The molecule has 1 unspecified atom stereocenters. The fourth-order valence-electron chi connectivity index (χ4n) is 3.19. The smallest absolute Gasteiger partial charge is 0.268 e. The molecule has 0 aromatic heterocycles. The predicted molar refractivity (Wildman–Crippen MR) is 99.8 cm³/mol. The van der Waals surface area contributed by atoms with Gasteiger partial charge in [0.2, 0.25) is 0 Å². The van der Waals surface area contributed by atoms with E-state index in [1.165, 1.54) is 18.2 Å². The molecule has 0 bridgehead atoms. The third-order valence-electron chi connectivity index (χ3n) is 4.45. The molecule has 134 valence electrons. The van der Waals surface area contributed by atoms with E-state index in [4.69, 9.17) is 0 Å². The number of phenolic OH excluding ortho intramolecular Hbond substituents is 1. The minimum atomic E-state index is -4.03. The number of rotatable bonds is 5. The molecule has 5 nitrogen and oxygen atoms in total. The van der Waals surface area contributed by atoms with Gasteiger partial charge < -0.3 is 5.11 Å². The second-order valence-corrected chi connectivity index (χ2v) is 7.85. The van der Waals surface area contributed by atoms with Crippen LogP contribution in [0.4, 0.5) is 0 Å². The molecule has 2 aromatic carbocycles. The number of carbonyl (C=O) groups is 1. The second-order valence-electron chi connectivity index (χ2n) is 6.03. The van der Waals surface area contributed by atoms with Gasteiger partial charge in [0.15, 0.2) is 0 Å². The number of hydrogen-bond donors (Lipinski definition) is 1. The first-order valence-electron chi connectivity index (χ1n) is 8.13. The van der Waals surface area contributed by atoms with Gasteiger partial charge in [0.25, 0.3) is 15.9 Å². The molecule has 1 N–H and O–H groups in total. The maximum atomic E-state index is 13.1. The van der Waals surface area contributed by atoms with Crippen molar-refractivity contribution in [1.29, 1.82) is 0 Å². The van der Waals surface area contributed by atoms with Crippen molar-refractivity contribution < 1.29 is 18.3 Å². The van der Waals surface area contributed by atoms with Gasteiger partial charge in [-0.2, -0.15) is 0 Å². The van der Waals surface area contributed by atoms with Crippen LogP contribution in [0.25, 0.3) is 5.57 Å². The molecular weight excluding hydrogens is 350 g/mol. The summed E-state index contributed by atoms with van der Waals surface area (Å²) >= 11 is 0. The molecule has 6 heteroatoms. The lowest BCUT2D eigenvalue weighted by molar-refractivity contribution is -0.120. The minimum Gasteiger partial charge on any atom is -0.507 e. The SMILES string of the molecule is C=CCC1C(C)=C(c2ccccc2O)C(=O)N1S(=O)(=O)c1ccccc1. The van der Waals surface area contributed by atoms with Crippen LogP contribution >= 0.6 is 0 Å². The van der Waals surface area contributed by atoms with Crippen LogP contribution in [-0.2, 0) is 14.8 Å². The van der Waals surface area contributed by atoms with Crippen molar-refractivity contribution in [3.8, 4) is 5.75 Å². The Morgan fingerprint density at radius 3 is 2.35 bits per heavy atom. The Balaban J connectivity index is 2.16. The highest BCUT2D eigenvalue weighted by Gasteiger charge is 2.44. The van der Waals surface area contributed by atoms with E-state index < -0.39 is 22.0 Å². The van der Waals surface area contributed by atoms with Crippen LogP contribution in [0.2, 0.25) is 0 Å². The van der Waals surface area contributed by atoms with Crippen molar-refractivity contribution in [2.45, 2.75) is 24.3 Å². The van der Waals surface area contributed by atoms with E-state index >= 15 is 0 Å². The summed E-state index contributed by atoms with van der Waals surface area (Å²) in [5.41, 5.74) is 1.14. The van der Waals surface area contributed by atoms with E-state index in [1.54, 1.807) is 49.4 Å². The van der Waals surface area contributed by atoms with Crippen LogP contribution in [0.3, 0.4) is 0 Å². The molecule has 0 aliphatic carbocycles. The van der Waals surface area contributed by atoms with Gasteiger partial charge in [0, 0.05) is 5.56 Å². The Morgan fingerprint density at radius 1 is 1.12 bits per heavy atom. The Labute approximate surface area is 152 Å². The van der Waals surface area contributed by atoms with Gasteiger partial charge in [-0.15, -0.1) is 6.58 Å². The third-order valence-corrected chi connectivity index (χ3v) is 6.26. The number of nitrogens with zero attached hydrogens (tertiary/aromatic N) is 1. The number of sulfonamides is 1. The summed E-state index contributed by atoms with van der Waals surface area (Å²) in [6, 6.07) is 13.6. The summed E-state index contributed by atoms with van der Waals surface area (Å²) in [6.07, 6.45) is 1.88. The van der Waals surface area contributed by atoms with E-state index in [-0.39, 0.29) is 16.2 Å². The largest absolute Gasteiger partial charge is 0.507 e. The zero-order valence-electron chi connectivity index (χ0n) is 14.3. The number of hydrogen-bond acceptors (Lipinski definition) is 4. The van der Waals surface area contributed by atoms with E-state index in [0.717, 1.165) is 4.31 Å². The van der Waals surface area contributed by atoms with Gasteiger partial charge in [-0.1, -0.05) is 42.5 Å². The first kappa shape index (κ1) is 17.9. The normalized spacial score (nSPS) is 17.7. The lowest BCUT2D eigenvalue weighted by atomic mass is 9.98. The first-order valence-corrected chi connectivity index (χ1v) is 9.57. The van der Waals surface area contributed by atoms with Crippen molar-refractivity contribution in [2.75, 3.05) is 0 Å². The Hall–Kier alpha value is -2.86. The molecule has 0 fully saturated rings. The number of amides is 1. The molecule has 1 atom stereocenters. The Bertz CT molecular complexity index is 993. The molecule has 3 rings (SSSR count). The van der Waals surface area contributed by atoms with Gasteiger partial charge in [0.1, 0.15) is 5.75 Å². The van der Waals surface area contributed by atoms with Crippen molar-refractivity contribution >= 4 is 21.5 Å². The minimum absolute atomic E-state index is 0.0498.